The molecule has 2 aromatic heterocycles. The highest BCUT2D eigenvalue weighted by Crippen LogP contribution is 2.64. The van der Waals surface area contributed by atoms with Crippen LogP contribution >= 0.6 is 0 Å². The van der Waals surface area contributed by atoms with E-state index in [2.05, 4.69) is 307 Å². The van der Waals surface area contributed by atoms with E-state index in [1.54, 1.807) is 0 Å². The molecular weight excluding hydrogens is 1040 g/mol. The summed E-state index contributed by atoms with van der Waals surface area (Å²) < 4.78 is 2.48. The first-order chi connectivity index (χ1) is 41.9. The second-order valence-electron chi connectivity index (χ2n) is 26.0. The Labute approximate surface area is 501 Å². The molecule has 3 aliphatic rings. The molecule has 0 saturated heterocycles. The van der Waals surface area contributed by atoms with Gasteiger partial charge in [0.1, 0.15) is 0 Å². The third kappa shape index (κ3) is 6.05. The molecular formula is C83H59N3. The summed E-state index contributed by atoms with van der Waals surface area (Å²) in [5.41, 5.74) is 22.1. The highest BCUT2D eigenvalue weighted by atomic mass is 14.9. The molecule has 0 unspecified atom stereocenters. The number of hydrogen-bond acceptors (Lipinski definition) is 2. The zero-order valence-corrected chi connectivity index (χ0v) is 49.0. The fourth-order valence-corrected chi connectivity index (χ4v) is 17.6. The molecule has 0 spiro atoms. The standard InChI is InChI=1S/C83H59N3/c1-79(2)63-38-22-21-37-59(63)71-58-36-20-19-35-57(58)60(47-68(71)79)50-43-61-72-69(45-51(48-84)74-76(72)82(53-27-11-7-12-28-53,54-29-13-8-14-30-54)66-41-25-23-39-64(66)80(74,3)4)86-70-46-52(49-85)75-77(73(70)62(44-50)78(61)86)83(55-31-15-9-16-32-55,56-33-17-10-18-34-56)67-42-26-24-40-65(67)81(75,5)6/h7-47H,1-6H3. The first-order valence-corrected chi connectivity index (χ1v) is 30.2. The maximum atomic E-state index is 12.1. The fraction of sp³-hybridized carbons (Fsp3) is 0.133. The Hall–Kier alpha value is -10.3. The van der Waals surface area contributed by atoms with Gasteiger partial charge in [-0.3, -0.25) is 0 Å². The van der Waals surface area contributed by atoms with Gasteiger partial charge in [-0.25, -0.2) is 0 Å². The minimum atomic E-state index is -0.889. The van der Waals surface area contributed by atoms with Crippen LogP contribution in [0, 0.1) is 22.7 Å². The van der Waals surface area contributed by atoms with E-state index in [0.717, 1.165) is 88.2 Å². The number of benzene rings is 12. The number of fused-ring (bicyclic) bond motifs is 17. The molecule has 86 heavy (non-hydrogen) atoms. The summed E-state index contributed by atoms with van der Waals surface area (Å²) in [6.07, 6.45) is 0. The van der Waals surface area contributed by atoms with Gasteiger partial charge in [0.15, 0.2) is 0 Å². The van der Waals surface area contributed by atoms with Crippen molar-refractivity contribution in [1.29, 1.82) is 10.5 Å². The SMILES string of the molecule is CC1(C)c2ccccc2-c2c1cc(-c1cc3c4c5c(c(C#N)cc4n4c6cc(C#N)c7c(c6c(c1)c34)C(c1ccccc1)(c1ccccc1)c1ccccc1C7(C)C)C(C)(C)c1ccccc1C5(c1ccccc1)c1ccccc1)c1ccccc21. The summed E-state index contributed by atoms with van der Waals surface area (Å²) in [6.45, 7) is 14.1. The molecule has 0 aliphatic heterocycles. The van der Waals surface area contributed by atoms with E-state index < -0.39 is 21.7 Å². The average molecular weight is 1100 g/mol. The molecule has 14 aromatic rings. The van der Waals surface area contributed by atoms with Crippen molar-refractivity contribution in [2.75, 3.05) is 0 Å². The van der Waals surface area contributed by atoms with Crippen LogP contribution in [0.25, 0.3) is 71.1 Å². The van der Waals surface area contributed by atoms with Crippen LogP contribution in [0.15, 0.2) is 249 Å². The van der Waals surface area contributed by atoms with Gasteiger partial charge in [0.25, 0.3) is 0 Å². The average Bonchev–Trinajstić information content (AvgIpc) is 1.39. The molecule has 3 aliphatic carbocycles. The van der Waals surface area contributed by atoms with E-state index in [1.165, 1.54) is 60.8 Å². The molecule has 3 nitrogen and oxygen atoms in total. The van der Waals surface area contributed by atoms with Crippen molar-refractivity contribution >= 4 is 48.9 Å². The van der Waals surface area contributed by atoms with Crippen LogP contribution in [-0.4, -0.2) is 4.40 Å². The third-order valence-electron chi connectivity index (χ3n) is 20.9. The molecule has 0 amide bonds. The second-order valence-corrected chi connectivity index (χ2v) is 26.0. The maximum absolute atomic E-state index is 12.1. The van der Waals surface area contributed by atoms with Crippen LogP contribution in [0.4, 0.5) is 0 Å². The van der Waals surface area contributed by atoms with Crippen molar-refractivity contribution in [3.8, 4) is 34.4 Å². The number of nitriles is 2. The van der Waals surface area contributed by atoms with Gasteiger partial charge in [-0.15, -0.1) is 0 Å². The van der Waals surface area contributed by atoms with E-state index in [1.807, 2.05) is 0 Å². The second kappa shape index (κ2) is 17.4. The Morgan fingerprint density at radius 3 is 1.12 bits per heavy atom. The van der Waals surface area contributed by atoms with Gasteiger partial charge < -0.3 is 4.40 Å². The molecule has 0 atom stereocenters. The quantitative estimate of drug-likeness (QED) is 0.172. The number of rotatable bonds is 5. The Morgan fingerprint density at radius 2 is 0.686 bits per heavy atom. The lowest BCUT2D eigenvalue weighted by Crippen LogP contribution is -2.42. The molecule has 12 aromatic carbocycles. The smallest absolute Gasteiger partial charge is 0.0995 e. The normalized spacial score (nSPS) is 16.0. The van der Waals surface area contributed by atoms with Gasteiger partial charge >= 0.3 is 0 Å². The molecule has 0 saturated carbocycles. The minimum absolute atomic E-state index is 0.276. The number of aromatic nitrogens is 1. The third-order valence-corrected chi connectivity index (χ3v) is 20.9. The lowest BCUT2D eigenvalue weighted by Gasteiger charge is -2.49. The summed E-state index contributed by atoms with van der Waals surface area (Å²) >= 11 is 0. The van der Waals surface area contributed by atoms with Gasteiger partial charge in [-0.05, 0) is 141 Å². The van der Waals surface area contributed by atoms with E-state index in [4.69, 9.17) is 0 Å². The Bertz CT molecular complexity index is 4980. The predicted octanol–water partition coefficient (Wildman–Crippen LogP) is 19.8. The summed E-state index contributed by atoms with van der Waals surface area (Å²) in [5, 5.41) is 31.0. The first-order valence-electron chi connectivity index (χ1n) is 30.2. The van der Waals surface area contributed by atoms with Gasteiger partial charge in [0.2, 0.25) is 0 Å². The highest BCUT2D eigenvalue weighted by Gasteiger charge is 2.54. The van der Waals surface area contributed by atoms with Gasteiger partial charge in [0.05, 0.1) is 50.6 Å². The molecule has 0 bridgehead atoms. The fourth-order valence-electron chi connectivity index (χ4n) is 17.6. The van der Waals surface area contributed by atoms with Crippen LogP contribution in [0.2, 0.25) is 0 Å². The molecule has 406 valence electrons. The minimum Gasteiger partial charge on any atom is -0.308 e. The van der Waals surface area contributed by atoms with Crippen molar-refractivity contribution < 1.29 is 0 Å². The van der Waals surface area contributed by atoms with Crippen LogP contribution < -0.4 is 0 Å². The summed E-state index contributed by atoms with van der Waals surface area (Å²) in [4.78, 5) is 0. The van der Waals surface area contributed by atoms with E-state index in [9.17, 15) is 10.5 Å². The highest BCUT2D eigenvalue weighted by molar-refractivity contribution is 6.28. The van der Waals surface area contributed by atoms with Crippen molar-refractivity contribution in [2.24, 2.45) is 0 Å². The molecule has 2 heterocycles. The molecule has 0 fully saturated rings. The summed E-state index contributed by atoms with van der Waals surface area (Å²) in [7, 11) is 0. The first kappa shape index (κ1) is 50.2. The van der Waals surface area contributed by atoms with E-state index in [0.29, 0.717) is 11.1 Å². The predicted molar refractivity (Wildman–Crippen MR) is 352 cm³/mol. The van der Waals surface area contributed by atoms with E-state index >= 15 is 0 Å². The molecule has 0 radical (unpaired) electrons. The Morgan fingerprint density at radius 1 is 0.314 bits per heavy atom. The number of hydrogen-bond donors (Lipinski definition) is 0. The van der Waals surface area contributed by atoms with Crippen LogP contribution in [0.5, 0.6) is 0 Å². The Kier molecular flexibility index (Phi) is 10.2. The maximum Gasteiger partial charge on any atom is 0.0995 e. The topological polar surface area (TPSA) is 52.0 Å². The number of nitrogens with zero attached hydrogens (tertiary/aromatic N) is 3. The lowest BCUT2D eigenvalue weighted by atomic mass is 9.53. The monoisotopic (exact) mass is 1100 g/mol. The van der Waals surface area contributed by atoms with Gasteiger partial charge in [-0.1, -0.05) is 260 Å². The van der Waals surface area contributed by atoms with Crippen LogP contribution in [0.1, 0.15) is 131 Å². The van der Waals surface area contributed by atoms with Crippen molar-refractivity contribution in [3.63, 3.8) is 0 Å². The Balaban J connectivity index is 1.16. The van der Waals surface area contributed by atoms with E-state index in [-0.39, 0.29) is 5.41 Å². The lowest BCUT2D eigenvalue weighted by molar-refractivity contribution is 0.560. The zero-order chi connectivity index (χ0) is 58.2. The van der Waals surface area contributed by atoms with Crippen molar-refractivity contribution in [1.82, 2.24) is 4.40 Å². The molecule has 17 rings (SSSR count). The van der Waals surface area contributed by atoms with Gasteiger partial charge in [0, 0.05) is 37.8 Å². The van der Waals surface area contributed by atoms with Gasteiger partial charge in [-0.2, -0.15) is 10.5 Å². The van der Waals surface area contributed by atoms with Crippen LogP contribution in [-0.2, 0) is 27.1 Å². The van der Waals surface area contributed by atoms with Crippen molar-refractivity contribution in [3.05, 3.63) is 338 Å². The largest absolute Gasteiger partial charge is 0.308 e. The zero-order valence-electron chi connectivity index (χ0n) is 49.0. The molecule has 3 heteroatoms. The summed E-state index contributed by atoms with van der Waals surface area (Å²) in [5.74, 6) is 0. The van der Waals surface area contributed by atoms with Crippen molar-refractivity contribution in [2.45, 2.75) is 68.6 Å². The van der Waals surface area contributed by atoms with Crippen LogP contribution in [0.3, 0.4) is 0 Å². The summed E-state index contributed by atoms with van der Waals surface area (Å²) in [6, 6.07) is 97.9. The molecule has 0 N–H and O–H groups in total.